The Morgan fingerprint density at radius 2 is 1.79 bits per heavy atom. The van der Waals surface area contributed by atoms with E-state index in [1.165, 1.54) is 12.1 Å². The fourth-order valence-corrected chi connectivity index (χ4v) is 1.49. The van der Waals surface area contributed by atoms with Crippen LogP contribution in [0.15, 0.2) is 12.1 Å². The lowest BCUT2D eigenvalue weighted by atomic mass is 10.2. The van der Waals surface area contributed by atoms with Crippen LogP contribution in [0.2, 0.25) is 10.0 Å². The van der Waals surface area contributed by atoms with Crippen molar-refractivity contribution in [3.05, 3.63) is 27.7 Å². The molecule has 0 heterocycles. The van der Waals surface area contributed by atoms with Crippen LogP contribution in [0.1, 0.15) is 5.56 Å². The van der Waals surface area contributed by atoms with Crippen molar-refractivity contribution in [2.24, 2.45) is 0 Å². The molecule has 6 heteroatoms. The molecule has 0 aliphatic rings. The Morgan fingerprint density at radius 3 is 2.14 bits per heavy atom. The average molecular weight is 243 g/mol. The standard InChI is InChI=1S/C8H6Cl2F2O2/c9-6-1-4(14-8(11)12)2-7(10)5(6)3-13/h1-2,8,13H,3H2. The molecule has 0 aromatic heterocycles. The number of hydrogen-bond acceptors (Lipinski definition) is 2. The third kappa shape index (κ3) is 2.70. The minimum absolute atomic E-state index is 0.0932. The number of alkyl halides is 2. The largest absolute Gasteiger partial charge is 0.435 e. The smallest absolute Gasteiger partial charge is 0.387 e. The number of aliphatic hydroxyl groups is 1. The molecule has 78 valence electrons. The van der Waals surface area contributed by atoms with Gasteiger partial charge in [-0.25, -0.2) is 0 Å². The average Bonchev–Trinajstić information content (AvgIpc) is 2.01. The number of halogens is 4. The van der Waals surface area contributed by atoms with Gasteiger partial charge in [-0.3, -0.25) is 0 Å². The molecule has 0 bridgehead atoms. The summed E-state index contributed by atoms with van der Waals surface area (Å²) in [7, 11) is 0. The Hall–Kier alpha value is -0.580. The molecule has 1 aromatic carbocycles. The van der Waals surface area contributed by atoms with Crippen molar-refractivity contribution in [1.82, 2.24) is 0 Å². The maximum Gasteiger partial charge on any atom is 0.387 e. The third-order valence-electron chi connectivity index (χ3n) is 1.50. The number of aliphatic hydroxyl groups excluding tert-OH is 1. The van der Waals surface area contributed by atoms with E-state index in [4.69, 9.17) is 28.3 Å². The van der Waals surface area contributed by atoms with Crippen LogP contribution in [0.25, 0.3) is 0 Å². The number of ether oxygens (including phenoxy) is 1. The van der Waals surface area contributed by atoms with Gasteiger partial charge in [0.15, 0.2) is 0 Å². The molecular formula is C8H6Cl2F2O2. The Balaban J connectivity index is 3.01. The predicted molar refractivity (Wildman–Crippen MR) is 49.0 cm³/mol. The van der Waals surface area contributed by atoms with E-state index in [9.17, 15) is 8.78 Å². The number of hydrogen-bond donors (Lipinski definition) is 1. The number of benzene rings is 1. The van der Waals surface area contributed by atoms with Gasteiger partial charge < -0.3 is 9.84 Å². The molecule has 0 unspecified atom stereocenters. The summed E-state index contributed by atoms with van der Waals surface area (Å²) in [5.41, 5.74) is 0.287. The molecule has 1 N–H and O–H groups in total. The van der Waals surface area contributed by atoms with Crippen LogP contribution in [0.4, 0.5) is 8.78 Å². The van der Waals surface area contributed by atoms with Crippen molar-refractivity contribution in [2.75, 3.05) is 0 Å². The Bertz CT molecular complexity index is 308. The molecule has 1 aromatic rings. The molecule has 0 aliphatic heterocycles. The molecule has 0 aliphatic carbocycles. The molecule has 1 rings (SSSR count). The summed E-state index contributed by atoms with van der Waals surface area (Å²) in [4.78, 5) is 0. The molecule has 0 fully saturated rings. The minimum atomic E-state index is -2.93. The van der Waals surface area contributed by atoms with Gasteiger partial charge in [-0.05, 0) is 12.1 Å². The first kappa shape index (κ1) is 11.5. The zero-order chi connectivity index (χ0) is 10.7. The highest BCUT2D eigenvalue weighted by Gasteiger charge is 2.10. The van der Waals surface area contributed by atoms with Gasteiger partial charge in [-0.15, -0.1) is 0 Å². The fraction of sp³-hybridized carbons (Fsp3) is 0.250. The normalized spacial score (nSPS) is 10.7. The summed E-state index contributed by atoms with van der Waals surface area (Å²) >= 11 is 11.3. The van der Waals surface area contributed by atoms with E-state index >= 15 is 0 Å². The highest BCUT2D eigenvalue weighted by Crippen LogP contribution is 2.30. The highest BCUT2D eigenvalue weighted by molar-refractivity contribution is 6.36. The second-order valence-corrected chi connectivity index (χ2v) is 3.22. The van der Waals surface area contributed by atoms with Gasteiger partial charge in [0.2, 0.25) is 0 Å². The maximum atomic E-state index is 11.8. The zero-order valence-corrected chi connectivity index (χ0v) is 8.32. The first-order valence-corrected chi connectivity index (χ1v) is 4.33. The van der Waals surface area contributed by atoms with E-state index in [0.717, 1.165) is 0 Å². The lowest BCUT2D eigenvalue weighted by Gasteiger charge is -2.08. The quantitative estimate of drug-likeness (QED) is 0.883. The number of rotatable bonds is 3. The summed E-state index contributed by atoms with van der Waals surface area (Å²) in [5.74, 6) is -0.132. The lowest BCUT2D eigenvalue weighted by molar-refractivity contribution is -0.0498. The van der Waals surface area contributed by atoms with Crippen LogP contribution in [-0.4, -0.2) is 11.7 Å². The van der Waals surface area contributed by atoms with E-state index in [2.05, 4.69) is 4.74 Å². The van der Waals surface area contributed by atoms with Crippen molar-refractivity contribution >= 4 is 23.2 Å². The van der Waals surface area contributed by atoms with Gasteiger partial charge in [0.1, 0.15) is 5.75 Å². The van der Waals surface area contributed by atoms with Gasteiger partial charge in [0.25, 0.3) is 0 Å². The summed E-state index contributed by atoms with van der Waals surface area (Å²) in [6.07, 6.45) is 0. The second-order valence-electron chi connectivity index (χ2n) is 2.40. The van der Waals surface area contributed by atoms with Gasteiger partial charge in [0, 0.05) is 5.56 Å². The van der Waals surface area contributed by atoms with E-state index in [-0.39, 0.29) is 28.0 Å². The van der Waals surface area contributed by atoms with Gasteiger partial charge in [-0.1, -0.05) is 23.2 Å². The topological polar surface area (TPSA) is 29.5 Å². The van der Waals surface area contributed by atoms with Crippen LogP contribution in [0.5, 0.6) is 5.75 Å². The van der Waals surface area contributed by atoms with E-state index < -0.39 is 6.61 Å². The van der Waals surface area contributed by atoms with Crippen LogP contribution >= 0.6 is 23.2 Å². The van der Waals surface area contributed by atoms with Crippen LogP contribution in [-0.2, 0) is 6.61 Å². The van der Waals surface area contributed by atoms with Crippen molar-refractivity contribution in [1.29, 1.82) is 0 Å². The van der Waals surface area contributed by atoms with Crippen molar-refractivity contribution in [2.45, 2.75) is 13.2 Å². The van der Waals surface area contributed by atoms with Gasteiger partial charge in [0.05, 0.1) is 16.7 Å². The molecule has 2 nitrogen and oxygen atoms in total. The molecule has 0 saturated heterocycles. The van der Waals surface area contributed by atoms with Crippen LogP contribution < -0.4 is 4.74 Å². The SMILES string of the molecule is OCc1c(Cl)cc(OC(F)F)cc1Cl. The second kappa shape index (κ2) is 4.77. The molecule has 0 atom stereocenters. The molecule has 0 amide bonds. The van der Waals surface area contributed by atoms with Crippen molar-refractivity contribution in [3.63, 3.8) is 0 Å². The monoisotopic (exact) mass is 242 g/mol. The van der Waals surface area contributed by atoms with Crippen molar-refractivity contribution < 1.29 is 18.6 Å². The maximum absolute atomic E-state index is 11.8. The lowest BCUT2D eigenvalue weighted by Crippen LogP contribution is -2.02. The first-order valence-electron chi connectivity index (χ1n) is 3.58. The highest BCUT2D eigenvalue weighted by atomic mass is 35.5. The summed E-state index contributed by atoms with van der Waals surface area (Å²) < 4.78 is 27.7. The minimum Gasteiger partial charge on any atom is -0.435 e. The van der Waals surface area contributed by atoms with Crippen LogP contribution in [0, 0.1) is 0 Å². The Kier molecular flexibility index (Phi) is 3.92. The van der Waals surface area contributed by atoms with Gasteiger partial charge >= 0.3 is 6.61 Å². The summed E-state index contributed by atoms with van der Waals surface area (Å²) in [6.45, 7) is -3.28. The molecule has 0 saturated carbocycles. The predicted octanol–water partition coefficient (Wildman–Crippen LogP) is 3.09. The molecule has 0 radical (unpaired) electrons. The zero-order valence-electron chi connectivity index (χ0n) is 6.81. The van der Waals surface area contributed by atoms with E-state index in [0.29, 0.717) is 0 Å². The fourth-order valence-electron chi connectivity index (χ4n) is 0.902. The molecule has 14 heavy (non-hydrogen) atoms. The Labute approximate surface area is 89.0 Å². The molecule has 0 spiro atoms. The van der Waals surface area contributed by atoms with Gasteiger partial charge in [-0.2, -0.15) is 8.78 Å². The van der Waals surface area contributed by atoms with E-state index in [1.54, 1.807) is 0 Å². The molecular weight excluding hydrogens is 237 g/mol. The summed E-state index contributed by atoms with van der Waals surface area (Å²) in [6, 6.07) is 2.34. The summed E-state index contributed by atoms with van der Waals surface area (Å²) in [5, 5.41) is 9.00. The van der Waals surface area contributed by atoms with Crippen LogP contribution in [0.3, 0.4) is 0 Å². The first-order chi connectivity index (χ1) is 6.54. The van der Waals surface area contributed by atoms with E-state index in [1.807, 2.05) is 0 Å². The Morgan fingerprint density at radius 1 is 1.29 bits per heavy atom. The van der Waals surface area contributed by atoms with Crippen molar-refractivity contribution in [3.8, 4) is 5.75 Å². The third-order valence-corrected chi connectivity index (χ3v) is 2.17.